The van der Waals surface area contributed by atoms with Gasteiger partial charge in [0.2, 0.25) is 0 Å². The van der Waals surface area contributed by atoms with Crippen LogP contribution in [0.25, 0.3) is 0 Å². The van der Waals surface area contributed by atoms with Gasteiger partial charge in [-0.15, -0.1) is 6.58 Å². The molecule has 0 aromatic heterocycles. The molecule has 1 saturated heterocycles. The number of likely N-dealkylation sites (N-methyl/N-ethyl adjacent to an activating group) is 1. The second kappa shape index (κ2) is 8.14. The molecular weight excluding hydrogens is 224 g/mol. The Labute approximate surface area is 112 Å². The zero-order chi connectivity index (χ0) is 13.4. The second-order valence-corrected chi connectivity index (χ2v) is 5.06. The van der Waals surface area contributed by atoms with Gasteiger partial charge in [-0.2, -0.15) is 0 Å². The molecule has 0 aromatic rings. The molecule has 1 aliphatic heterocycles. The highest BCUT2D eigenvalue weighted by Crippen LogP contribution is 2.13. The number of unbranched alkanes of at least 4 members (excludes halogenated alkanes) is 1. The fourth-order valence-electron chi connectivity index (χ4n) is 2.41. The third-order valence-corrected chi connectivity index (χ3v) is 3.64. The van der Waals surface area contributed by atoms with Crippen LogP contribution in [0.5, 0.6) is 0 Å². The van der Waals surface area contributed by atoms with E-state index in [2.05, 4.69) is 40.8 Å². The summed E-state index contributed by atoms with van der Waals surface area (Å²) in [6, 6.07) is 0.656. The first-order chi connectivity index (χ1) is 8.69. The number of nitrogens with zero attached hydrogens (tertiary/aromatic N) is 3. The number of allylic oxidation sites excluding steroid dienone is 1. The van der Waals surface area contributed by atoms with Gasteiger partial charge in [-0.3, -0.25) is 4.99 Å². The molecule has 0 amide bonds. The zero-order valence-corrected chi connectivity index (χ0v) is 12.2. The van der Waals surface area contributed by atoms with Crippen molar-refractivity contribution in [3.05, 3.63) is 12.7 Å². The van der Waals surface area contributed by atoms with E-state index in [0.717, 1.165) is 31.9 Å². The maximum absolute atomic E-state index is 4.34. The van der Waals surface area contributed by atoms with E-state index < -0.39 is 0 Å². The van der Waals surface area contributed by atoms with Crippen LogP contribution in [0.15, 0.2) is 17.6 Å². The number of nitrogens with one attached hydrogen (secondary N) is 1. The highest BCUT2D eigenvalue weighted by atomic mass is 15.3. The van der Waals surface area contributed by atoms with Crippen molar-refractivity contribution in [3.63, 3.8) is 0 Å². The summed E-state index contributed by atoms with van der Waals surface area (Å²) in [6.07, 6.45) is 6.77. The van der Waals surface area contributed by atoms with Crippen molar-refractivity contribution in [1.29, 1.82) is 0 Å². The predicted molar refractivity (Wildman–Crippen MR) is 79.1 cm³/mol. The molecule has 0 bridgehead atoms. The van der Waals surface area contributed by atoms with Crippen LogP contribution >= 0.6 is 0 Å². The molecule has 4 nitrogen and oxygen atoms in total. The van der Waals surface area contributed by atoms with Gasteiger partial charge in [-0.05, 0) is 39.3 Å². The van der Waals surface area contributed by atoms with Crippen LogP contribution in [0.3, 0.4) is 0 Å². The van der Waals surface area contributed by atoms with Gasteiger partial charge < -0.3 is 15.1 Å². The van der Waals surface area contributed by atoms with E-state index in [1.807, 2.05) is 13.1 Å². The van der Waals surface area contributed by atoms with Gasteiger partial charge in [-0.25, -0.2) is 0 Å². The van der Waals surface area contributed by atoms with E-state index in [-0.39, 0.29) is 0 Å². The Morgan fingerprint density at radius 1 is 1.61 bits per heavy atom. The average Bonchev–Trinajstić information content (AvgIpc) is 2.76. The molecule has 0 aromatic carbocycles. The summed E-state index contributed by atoms with van der Waals surface area (Å²) in [5.74, 6) is 0.999. The molecule has 104 valence electrons. The SMILES string of the molecule is C=CCCCN(C)C(=NC)NCC1CCCN1C. The molecule has 1 N–H and O–H groups in total. The van der Waals surface area contributed by atoms with Crippen molar-refractivity contribution < 1.29 is 0 Å². The van der Waals surface area contributed by atoms with Gasteiger partial charge in [0.15, 0.2) is 5.96 Å². The lowest BCUT2D eigenvalue weighted by Gasteiger charge is -2.25. The number of rotatable bonds is 6. The first-order valence-electron chi connectivity index (χ1n) is 6.92. The molecule has 0 radical (unpaired) electrons. The van der Waals surface area contributed by atoms with Gasteiger partial charge in [0.1, 0.15) is 0 Å². The van der Waals surface area contributed by atoms with E-state index >= 15 is 0 Å². The molecule has 18 heavy (non-hydrogen) atoms. The van der Waals surface area contributed by atoms with Crippen molar-refractivity contribution in [2.75, 3.05) is 40.8 Å². The molecule has 1 aliphatic rings. The fraction of sp³-hybridized carbons (Fsp3) is 0.786. The molecule has 4 heteroatoms. The Hall–Kier alpha value is -1.03. The van der Waals surface area contributed by atoms with Crippen LogP contribution in [0.2, 0.25) is 0 Å². The van der Waals surface area contributed by atoms with Gasteiger partial charge in [0.05, 0.1) is 0 Å². The van der Waals surface area contributed by atoms with E-state index in [1.54, 1.807) is 0 Å². The highest BCUT2D eigenvalue weighted by molar-refractivity contribution is 5.79. The van der Waals surface area contributed by atoms with Crippen LogP contribution in [0, 0.1) is 0 Å². The molecule has 1 fully saturated rings. The van der Waals surface area contributed by atoms with Crippen molar-refractivity contribution in [3.8, 4) is 0 Å². The topological polar surface area (TPSA) is 30.9 Å². The van der Waals surface area contributed by atoms with Crippen molar-refractivity contribution >= 4 is 5.96 Å². The summed E-state index contributed by atoms with van der Waals surface area (Å²) in [6.45, 7) is 6.99. The summed E-state index contributed by atoms with van der Waals surface area (Å²) in [5.41, 5.74) is 0. The number of hydrogen-bond donors (Lipinski definition) is 1. The van der Waals surface area contributed by atoms with Crippen LogP contribution in [-0.4, -0.2) is 62.6 Å². The van der Waals surface area contributed by atoms with Crippen molar-refractivity contribution in [2.45, 2.75) is 31.7 Å². The first kappa shape index (κ1) is 15.0. The van der Waals surface area contributed by atoms with Crippen molar-refractivity contribution in [2.24, 2.45) is 4.99 Å². The molecule has 0 aliphatic carbocycles. The number of aliphatic imine (C=N–C) groups is 1. The monoisotopic (exact) mass is 252 g/mol. The van der Waals surface area contributed by atoms with E-state index in [9.17, 15) is 0 Å². The Morgan fingerprint density at radius 2 is 2.39 bits per heavy atom. The lowest BCUT2D eigenvalue weighted by atomic mass is 10.2. The summed E-state index contributed by atoms with van der Waals surface area (Å²) >= 11 is 0. The third kappa shape index (κ3) is 4.69. The molecule has 0 spiro atoms. The number of guanidine groups is 1. The minimum atomic E-state index is 0.656. The highest BCUT2D eigenvalue weighted by Gasteiger charge is 2.21. The maximum Gasteiger partial charge on any atom is 0.193 e. The Morgan fingerprint density at radius 3 is 2.94 bits per heavy atom. The molecule has 1 atom stereocenters. The largest absolute Gasteiger partial charge is 0.355 e. The van der Waals surface area contributed by atoms with Crippen LogP contribution in [-0.2, 0) is 0 Å². The van der Waals surface area contributed by atoms with Crippen LogP contribution in [0.1, 0.15) is 25.7 Å². The lowest BCUT2D eigenvalue weighted by Crippen LogP contribution is -2.44. The quantitative estimate of drug-likeness (QED) is 0.337. The van der Waals surface area contributed by atoms with E-state index in [4.69, 9.17) is 0 Å². The van der Waals surface area contributed by atoms with Gasteiger partial charge in [0, 0.05) is 33.2 Å². The average molecular weight is 252 g/mol. The minimum absolute atomic E-state index is 0.656. The van der Waals surface area contributed by atoms with E-state index in [1.165, 1.54) is 19.4 Å². The number of hydrogen-bond acceptors (Lipinski definition) is 2. The first-order valence-corrected chi connectivity index (χ1v) is 6.92. The Bertz CT molecular complexity index is 275. The standard InChI is InChI=1S/C14H28N4/c1-5-6-7-10-18(4)14(15-2)16-12-13-9-8-11-17(13)3/h5,13H,1,6-12H2,2-4H3,(H,15,16). The normalized spacial score (nSPS) is 21.1. The van der Waals surface area contributed by atoms with Gasteiger partial charge in [-0.1, -0.05) is 6.08 Å². The number of likely N-dealkylation sites (tertiary alicyclic amines) is 1. The molecule has 1 unspecified atom stereocenters. The smallest absolute Gasteiger partial charge is 0.193 e. The molecule has 0 saturated carbocycles. The summed E-state index contributed by atoms with van der Waals surface area (Å²) < 4.78 is 0. The Balaban J connectivity index is 2.30. The summed E-state index contributed by atoms with van der Waals surface area (Å²) in [5, 5.41) is 3.48. The van der Waals surface area contributed by atoms with E-state index in [0.29, 0.717) is 6.04 Å². The van der Waals surface area contributed by atoms with Gasteiger partial charge >= 0.3 is 0 Å². The fourth-order valence-corrected chi connectivity index (χ4v) is 2.41. The minimum Gasteiger partial charge on any atom is -0.355 e. The lowest BCUT2D eigenvalue weighted by molar-refractivity contribution is 0.307. The molecule has 1 heterocycles. The second-order valence-electron chi connectivity index (χ2n) is 5.06. The molecule has 1 rings (SSSR count). The predicted octanol–water partition coefficient (Wildman–Crippen LogP) is 1.55. The maximum atomic E-state index is 4.34. The molecular formula is C14H28N4. The Kier molecular flexibility index (Phi) is 6.80. The van der Waals surface area contributed by atoms with Crippen LogP contribution in [0.4, 0.5) is 0 Å². The zero-order valence-electron chi connectivity index (χ0n) is 12.2. The van der Waals surface area contributed by atoms with Gasteiger partial charge in [0.25, 0.3) is 0 Å². The summed E-state index contributed by atoms with van der Waals surface area (Å²) in [4.78, 5) is 8.96. The van der Waals surface area contributed by atoms with Crippen LogP contribution < -0.4 is 5.32 Å². The van der Waals surface area contributed by atoms with Crippen molar-refractivity contribution in [1.82, 2.24) is 15.1 Å². The summed E-state index contributed by atoms with van der Waals surface area (Å²) in [7, 11) is 6.15. The third-order valence-electron chi connectivity index (χ3n) is 3.64.